The molecule has 14 heavy (non-hydrogen) atoms. The number of phenolic OH excluding ortho intramolecular Hbond substituents is 1. The van der Waals surface area contributed by atoms with Crippen molar-refractivity contribution in [2.75, 3.05) is 0 Å². The lowest BCUT2D eigenvalue weighted by Crippen LogP contribution is -2.08. The molecule has 0 bridgehead atoms. The number of aromatic hydroxyl groups is 1. The summed E-state index contributed by atoms with van der Waals surface area (Å²) in [6.07, 6.45) is 1.45. The van der Waals surface area contributed by atoms with Gasteiger partial charge in [-0.3, -0.25) is 0 Å². The molecule has 1 fully saturated rings. The third-order valence-electron chi connectivity index (χ3n) is 2.88. The number of benzene rings is 1. The fourth-order valence-corrected chi connectivity index (χ4v) is 2.07. The molecule has 2 rings (SSSR count). The molecule has 0 amide bonds. The van der Waals surface area contributed by atoms with Gasteiger partial charge in [-0.05, 0) is 38.3 Å². The van der Waals surface area contributed by atoms with Crippen molar-refractivity contribution in [3.63, 3.8) is 0 Å². The van der Waals surface area contributed by atoms with Gasteiger partial charge in [0.1, 0.15) is 5.75 Å². The van der Waals surface area contributed by atoms with Gasteiger partial charge in [0, 0.05) is 16.1 Å². The van der Waals surface area contributed by atoms with Crippen LogP contribution in [0.2, 0.25) is 5.02 Å². The number of phenols is 1. The first kappa shape index (κ1) is 9.81. The zero-order valence-corrected chi connectivity index (χ0v) is 9.02. The normalized spacial score (nSPS) is 18.3. The van der Waals surface area contributed by atoms with Crippen LogP contribution in [0, 0.1) is 13.8 Å². The van der Waals surface area contributed by atoms with Crippen LogP contribution in [-0.4, -0.2) is 10.2 Å². The summed E-state index contributed by atoms with van der Waals surface area (Å²) in [4.78, 5) is 0. The van der Waals surface area contributed by atoms with Gasteiger partial charge in [0.2, 0.25) is 0 Å². The molecule has 0 saturated heterocycles. The molecule has 0 spiro atoms. The molecule has 2 nitrogen and oxygen atoms in total. The smallest absolute Gasteiger partial charge is 0.126 e. The van der Waals surface area contributed by atoms with Crippen molar-refractivity contribution >= 4 is 11.6 Å². The molecule has 1 saturated carbocycles. The summed E-state index contributed by atoms with van der Waals surface area (Å²) < 4.78 is 0. The molecule has 0 unspecified atom stereocenters. The maximum Gasteiger partial charge on any atom is 0.126 e. The molecular formula is C11H13ClO2. The van der Waals surface area contributed by atoms with E-state index < -0.39 is 5.60 Å². The van der Waals surface area contributed by atoms with Crippen LogP contribution in [0.3, 0.4) is 0 Å². The Hall–Kier alpha value is -0.730. The van der Waals surface area contributed by atoms with Crippen LogP contribution in [0.15, 0.2) is 6.07 Å². The Bertz CT molecular complexity index is 395. The van der Waals surface area contributed by atoms with E-state index in [0.717, 1.165) is 18.4 Å². The molecule has 1 aliphatic carbocycles. The van der Waals surface area contributed by atoms with Crippen LogP contribution >= 0.6 is 11.6 Å². The number of aryl methyl sites for hydroxylation is 1. The van der Waals surface area contributed by atoms with Gasteiger partial charge < -0.3 is 10.2 Å². The van der Waals surface area contributed by atoms with Crippen LogP contribution in [0.5, 0.6) is 5.75 Å². The van der Waals surface area contributed by atoms with Gasteiger partial charge in [-0.15, -0.1) is 0 Å². The van der Waals surface area contributed by atoms with E-state index in [4.69, 9.17) is 11.6 Å². The molecule has 0 aliphatic heterocycles. The maximum absolute atomic E-state index is 9.97. The first-order valence-corrected chi connectivity index (χ1v) is 5.05. The topological polar surface area (TPSA) is 40.5 Å². The van der Waals surface area contributed by atoms with E-state index in [9.17, 15) is 10.2 Å². The van der Waals surface area contributed by atoms with Gasteiger partial charge in [-0.25, -0.2) is 0 Å². The molecule has 0 radical (unpaired) electrons. The number of aliphatic hydroxyl groups is 1. The molecule has 2 N–H and O–H groups in total. The van der Waals surface area contributed by atoms with E-state index in [1.807, 2.05) is 6.92 Å². The van der Waals surface area contributed by atoms with Crippen molar-refractivity contribution in [1.29, 1.82) is 0 Å². The first-order valence-electron chi connectivity index (χ1n) is 4.67. The van der Waals surface area contributed by atoms with E-state index in [1.165, 1.54) is 0 Å². The van der Waals surface area contributed by atoms with E-state index in [2.05, 4.69) is 0 Å². The molecule has 1 aliphatic rings. The Morgan fingerprint density at radius 1 is 1.36 bits per heavy atom. The lowest BCUT2D eigenvalue weighted by atomic mass is 9.97. The summed E-state index contributed by atoms with van der Waals surface area (Å²) in [5, 5.41) is 20.4. The second-order valence-corrected chi connectivity index (χ2v) is 4.46. The molecule has 1 aromatic rings. The minimum absolute atomic E-state index is 0.148. The van der Waals surface area contributed by atoms with Crippen molar-refractivity contribution in [3.05, 3.63) is 27.8 Å². The highest BCUT2D eigenvalue weighted by Crippen LogP contribution is 2.51. The number of hydrogen-bond donors (Lipinski definition) is 2. The molecule has 0 atom stereocenters. The summed E-state index contributed by atoms with van der Waals surface area (Å²) in [5.74, 6) is 0.148. The van der Waals surface area contributed by atoms with Crippen LogP contribution in [0.1, 0.15) is 29.5 Å². The van der Waals surface area contributed by atoms with Crippen LogP contribution in [-0.2, 0) is 5.60 Å². The molecular weight excluding hydrogens is 200 g/mol. The second kappa shape index (κ2) is 2.88. The minimum Gasteiger partial charge on any atom is -0.507 e. The van der Waals surface area contributed by atoms with Crippen LogP contribution in [0.25, 0.3) is 0 Å². The summed E-state index contributed by atoms with van der Waals surface area (Å²) >= 11 is 5.92. The predicted molar refractivity (Wildman–Crippen MR) is 55.7 cm³/mol. The highest BCUT2D eigenvalue weighted by atomic mass is 35.5. The summed E-state index contributed by atoms with van der Waals surface area (Å²) in [5.41, 5.74) is 1.36. The first-order chi connectivity index (χ1) is 6.46. The van der Waals surface area contributed by atoms with Gasteiger partial charge in [0.15, 0.2) is 0 Å². The lowest BCUT2D eigenvalue weighted by molar-refractivity contribution is 0.147. The van der Waals surface area contributed by atoms with Crippen molar-refractivity contribution in [3.8, 4) is 5.75 Å². The quantitative estimate of drug-likeness (QED) is 0.752. The number of rotatable bonds is 1. The van der Waals surface area contributed by atoms with Crippen molar-refractivity contribution in [1.82, 2.24) is 0 Å². The maximum atomic E-state index is 9.97. The molecule has 0 heterocycles. The summed E-state index contributed by atoms with van der Waals surface area (Å²) in [7, 11) is 0. The SMILES string of the molecule is Cc1cc(Cl)c(C)c(O)c1C1(O)CC1. The third-order valence-corrected chi connectivity index (χ3v) is 3.27. The highest BCUT2D eigenvalue weighted by Gasteiger charge is 2.45. The van der Waals surface area contributed by atoms with Gasteiger partial charge in [-0.2, -0.15) is 0 Å². The number of hydrogen-bond acceptors (Lipinski definition) is 2. The predicted octanol–water partition coefficient (Wildman–Crippen LogP) is 2.64. The summed E-state index contributed by atoms with van der Waals surface area (Å²) in [6.45, 7) is 3.61. The van der Waals surface area contributed by atoms with E-state index in [-0.39, 0.29) is 5.75 Å². The van der Waals surface area contributed by atoms with E-state index in [0.29, 0.717) is 16.1 Å². The molecule has 3 heteroatoms. The zero-order valence-electron chi connectivity index (χ0n) is 8.26. The highest BCUT2D eigenvalue weighted by molar-refractivity contribution is 6.31. The van der Waals surface area contributed by atoms with Crippen molar-refractivity contribution in [2.24, 2.45) is 0 Å². The molecule has 1 aromatic carbocycles. The Labute approximate surface area is 88.1 Å². The fourth-order valence-electron chi connectivity index (χ4n) is 1.81. The largest absolute Gasteiger partial charge is 0.507 e. The van der Waals surface area contributed by atoms with Gasteiger partial charge >= 0.3 is 0 Å². The van der Waals surface area contributed by atoms with E-state index in [1.54, 1.807) is 13.0 Å². The lowest BCUT2D eigenvalue weighted by Gasteiger charge is -2.16. The summed E-state index contributed by atoms with van der Waals surface area (Å²) in [6, 6.07) is 1.79. The monoisotopic (exact) mass is 212 g/mol. The Morgan fingerprint density at radius 3 is 2.43 bits per heavy atom. The minimum atomic E-state index is -0.802. The second-order valence-electron chi connectivity index (χ2n) is 4.06. The third kappa shape index (κ3) is 1.30. The van der Waals surface area contributed by atoms with Crippen molar-refractivity contribution in [2.45, 2.75) is 32.3 Å². The molecule has 0 aromatic heterocycles. The Morgan fingerprint density at radius 2 is 1.93 bits per heavy atom. The Kier molecular flexibility index (Phi) is 2.02. The van der Waals surface area contributed by atoms with Gasteiger partial charge in [0.25, 0.3) is 0 Å². The van der Waals surface area contributed by atoms with Crippen LogP contribution in [0.4, 0.5) is 0 Å². The average molecular weight is 213 g/mol. The standard InChI is InChI=1S/C11H13ClO2/c1-6-5-8(12)7(2)10(13)9(6)11(14)3-4-11/h5,13-14H,3-4H2,1-2H3. The zero-order chi connectivity index (χ0) is 10.5. The fraction of sp³-hybridized carbons (Fsp3) is 0.455. The molecule has 76 valence electrons. The Balaban J connectivity index is 2.65. The van der Waals surface area contributed by atoms with Crippen molar-refractivity contribution < 1.29 is 10.2 Å². The van der Waals surface area contributed by atoms with E-state index >= 15 is 0 Å². The average Bonchev–Trinajstić information content (AvgIpc) is 2.80. The number of halogens is 1. The van der Waals surface area contributed by atoms with Crippen LogP contribution < -0.4 is 0 Å². The van der Waals surface area contributed by atoms with Gasteiger partial charge in [-0.1, -0.05) is 11.6 Å². The van der Waals surface area contributed by atoms with Gasteiger partial charge in [0.05, 0.1) is 5.60 Å².